The van der Waals surface area contributed by atoms with Crippen LogP contribution in [0.4, 0.5) is 0 Å². The number of primary amides is 1. The molecule has 0 saturated carbocycles. The standard InChI is InChI=1S/C8H12N2O6/c9-5(11)1-2-6(12)10(3-7(13)14)4-8(15)16/h1-4H2,(H2,9,11)(H,13,14)(H,15,16). The zero-order chi connectivity index (χ0) is 12.7. The molecule has 0 aromatic rings. The zero-order valence-electron chi connectivity index (χ0n) is 8.38. The molecular formula is C8H12N2O6. The van der Waals surface area contributed by atoms with Gasteiger partial charge in [-0.3, -0.25) is 19.2 Å². The smallest absolute Gasteiger partial charge is 0.323 e. The van der Waals surface area contributed by atoms with E-state index in [4.69, 9.17) is 15.9 Å². The van der Waals surface area contributed by atoms with E-state index < -0.39 is 36.8 Å². The lowest BCUT2D eigenvalue weighted by atomic mass is 10.2. The first-order valence-electron chi connectivity index (χ1n) is 4.32. The fraction of sp³-hybridized carbons (Fsp3) is 0.500. The molecule has 0 radical (unpaired) electrons. The second kappa shape index (κ2) is 6.38. The SMILES string of the molecule is NC(=O)CCC(=O)N(CC(=O)O)CC(=O)O. The third kappa shape index (κ3) is 6.35. The molecule has 0 heterocycles. The molecular weight excluding hydrogens is 220 g/mol. The number of amides is 2. The highest BCUT2D eigenvalue weighted by Gasteiger charge is 2.19. The van der Waals surface area contributed by atoms with Crippen molar-refractivity contribution in [2.24, 2.45) is 5.73 Å². The van der Waals surface area contributed by atoms with E-state index in [1.54, 1.807) is 0 Å². The Morgan fingerprint density at radius 1 is 0.938 bits per heavy atom. The molecule has 4 N–H and O–H groups in total. The normalized spacial score (nSPS) is 9.50. The molecule has 0 aromatic heterocycles. The minimum atomic E-state index is -1.33. The Morgan fingerprint density at radius 2 is 1.38 bits per heavy atom. The predicted octanol–water partition coefficient (Wildman–Crippen LogP) is -1.75. The third-order valence-corrected chi connectivity index (χ3v) is 1.59. The molecule has 0 spiro atoms. The van der Waals surface area contributed by atoms with Gasteiger partial charge in [-0.1, -0.05) is 0 Å². The van der Waals surface area contributed by atoms with Gasteiger partial charge in [0.25, 0.3) is 0 Å². The first-order valence-corrected chi connectivity index (χ1v) is 4.32. The van der Waals surface area contributed by atoms with Crippen LogP contribution in [0.3, 0.4) is 0 Å². The highest BCUT2D eigenvalue weighted by Crippen LogP contribution is 1.98. The van der Waals surface area contributed by atoms with Gasteiger partial charge in [0.2, 0.25) is 11.8 Å². The first kappa shape index (κ1) is 13.9. The summed E-state index contributed by atoms with van der Waals surface area (Å²) < 4.78 is 0. The Labute approximate surface area is 90.6 Å². The van der Waals surface area contributed by atoms with Crippen molar-refractivity contribution in [3.8, 4) is 0 Å². The zero-order valence-corrected chi connectivity index (χ0v) is 8.38. The van der Waals surface area contributed by atoms with Crippen molar-refractivity contribution >= 4 is 23.8 Å². The van der Waals surface area contributed by atoms with Crippen LogP contribution in [0.5, 0.6) is 0 Å². The summed E-state index contributed by atoms with van der Waals surface area (Å²) in [5.74, 6) is -4.09. The van der Waals surface area contributed by atoms with Crippen LogP contribution in [0.15, 0.2) is 0 Å². The number of nitrogens with zero attached hydrogens (tertiary/aromatic N) is 1. The van der Waals surface area contributed by atoms with Gasteiger partial charge in [0.05, 0.1) is 0 Å². The number of carboxylic acids is 2. The summed E-state index contributed by atoms with van der Waals surface area (Å²) in [6.45, 7) is -1.44. The highest BCUT2D eigenvalue weighted by atomic mass is 16.4. The minimum absolute atomic E-state index is 0.241. The molecule has 8 heteroatoms. The topological polar surface area (TPSA) is 138 Å². The van der Waals surface area contributed by atoms with Gasteiger partial charge >= 0.3 is 11.9 Å². The van der Waals surface area contributed by atoms with Crippen molar-refractivity contribution in [3.05, 3.63) is 0 Å². The Bertz CT molecular complexity index is 298. The fourth-order valence-corrected chi connectivity index (χ4v) is 0.947. The number of rotatable bonds is 7. The van der Waals surface area contributed by atoms with E-state index in [9.17, 15) is 19.2 Å². The number of carboxylic acid groups (broad SMARTS) is 2. The van der Waals surface area contributed by atoms with Gasteiger partial charge in [-0.15, -0.1) is 0 Å². The molecule has 0 saturated heterocycles. The summed E-state index contributed by atoms with van der Waals surface area (Å²) in [4.78, 5) is 43.0. The minimum Gasteiger partial charge on any atom is -0.480 e. The summed E-state index contributed by atoms with van der Waals surface area (Å²) in [7, 11) is 0. The molecule has 0 atom stereocenters. The predicted molar refractivity (Wildman–Crippen MR) is 50.3 cm³/mol. The molecule has 0 aromatic carbocycles. The van der Waals surface area contributed by atoms with Crippen LogP contribution in [0.2, 0.25) is 0 Å². The van der Waals surface area contributed by atoms with Crippen LogP contribution < -0.4 is 5.73 Å². The molecule has 16 heavy (non-hydrogen) atoms. The van der Waals surface area contributed by atoms with Crippen LogP contribution in [0.1, 0.15) is 12.8 Å². The van der Waals surface area contributed by atoms with Crippen LogP contribution >= 0.6 is 0 Å². The number of hydrogen-bond donors (Lipinski definition) is 3. The van der Waals surface area contributed by atoms with E-state index in [1.807, 2.05) is 0 Å². The number of hydrogen-bond acceptors (Lipinski definition) is 4. The van der Waals surface area contributed by atoms with Crippen LogP contribution in [-0.4, -0.2) is 52.0 Å². The van der Waals surface area contributed by atoms with E-state index in [1.165, 1.54) is 0 Å². The van der Waals surface area contributed by atoms with E-state index in [-0.39, 0.29) is 12.8 Å². The lowest BCUT2D eigenvalue weighted by Gasteiger charge is -2.17. The maximum Gasteiger partial charge on any atom is 0.323 e. The lowest BCUT2D eigenvalue weighted by molar-refractivity contribution is -0.149. The Hall–Kier alpha value is -2.12. The van der Waals surface area contributed by atoms with Crippen molar-refractivity contribution in [2.75, 3.05) is 13.1 Å². The van der Waals surface area contributed by atoms with Gasteiger partial charge in [0.1, 0.15) is 13.1 Å². The van der Waals surface area contributed by atoms with Gasteiger partial charge in [0.15, 0.2) is 0 Å². The summed E-state index contributed by atoms with van der Waals surface area (Å²) in [5.41, 5.74) is 4.80. The first-order chi connectivity index (χ1) is 7.32. The van der Waals surface area contributed by atoms with Crippen LogP contribution in [-0.2, 0) is 19.2 Å². The summed E-state index contributed by atoms with van der Waals surface area (Å²) >= 11 is 0. The second-order valence-electron chi connectivity index (χ2n) is 3.00. The lowest BCUT2D eigenvalue weighted by Crippen LogP contribution is -2.39. The molecule has 2 amide bonds. The van der Waals surface area contributed by atoms with Crippen molar-refractivity contribution < 1.29 is 29.4 Å². The molecule has 0 aliphatic carbocycles. The van der Waals surface area contributed by atoms with Gasteiger partial charge in [-0.25, -0.2) is 0 Å². The van der Waals surface area contributed by atoms with Gasteiger partial charge < -0.3 is 20.8 Å². The quantitative estimate of drug-likeness (QED) is 0.475. The highest BCUT2D eigenvalue weighted by molar-refractivity contribution is 5.87. The van der Waals surface area contributed by atoms with Gasteiger partial charge in [-0.2, -0.15) is 0 Å². The van der Waals surface area contributed by atoms with E-state index in [0.717, 1.165) is 0 Å². The van der Waals surface area contributed by atoms with E-state index >= 15 is 0 Å². The maximum absolute atomic E-state index is 11.3. The summed E-state index contributed by atoms with van der Waals surface area (Å²) in [5, 5.41) is 16.9. The van der Waals surface area contributed by atoms with Gasteiger partial charge in [0, 0.05) is 12.8 Å². The van der Waals surface area contributed by atoms with Crippen molar-refractivity contribution in [1.82, 2.24) is 4.90 Å². The molecule has 0 unspecified atom stereocenters. The summed E-state index contributed by atoms with van der Waals surface area (Å²) in [6, 6.07) is 0. The number of carbonyl (C=O) groups excluding carboxylic acids is 2. The van der Waals surface area contributed by atoms with Crippen molar-refractivity contribution in [3.63, 3.8) is 0 Å². The number of nitrogens with two attached hydrogens (primary N) is 1. The molecule has 0 aliphatic rings. The monoisotopic (exact) mass is 232 g/mol. The fourth-order valence-electron chi connectivity index (χ4n) is 0.947. The summed E-state index contributed by atoms with van der Waals surface area (Å²) in [6.07, 6.45) is -0.537. The number of aliphatic carboxylic acids is 2. The van der Waals surface area contributed by atoms with Crippen molar-refractivity contribution in [1.29, 1.82) is 0 Å². The molecule has 0 aliphatic heterocycles. The van der Waals surface area contributed by atoms with E-state index in [2.05, 4.69) is 0 Å². The Morgan fingerprint density at radius 3 is 1.69 bits per heavy atom. The molecule has 0 rings (SSSR count). The molecule has 0 fully saturated rings. The average molecular weight is 232 g/mol. The van der Waals surface area contributed by atoms with E-state index in [0.29, 0.717) is 4.90 Å². The van der Waals surface area contributed by atoms with Gasteiger partial charge in [-0.05, 0) is 0 Å². The van der Waals surface area contributed by atoms with Crippen molar-refractivity contribution in [2.45, 2.75) is 12.8 Å². The third-order valence-electron chi connectivity index (χ3n) is 1.59. The molecule has 0 bridgehead atoms. The van der Waals surface area contributed by atoms with Crippen LogP contribution in [0.25, 0.3) is 0 Å². The largest absolute Gasteiger partial charge is 0.480 e. The Kier molecular flexibility index (Phi) is 5.53. The van der Waals surface area contributed by atoms with Crippen LogP contribution in [0, 0.1) is 0 Å². The maximum atomic E-state index is 11.3. The molecule has 90 valence electrons. The molecule has 8 nitrogen and oxygen atoms in total. The number of carbonyl (C=O) groups is 4. The second-order valence-corrected chi connectivity index (χ2v) is 3.00. The average Bonchev–Trinajstić information content (AvgIpc) is 2.11. The Balaban J connectivity index is 4.36.